The predicted molar refractivity (Wildman–Crippen MR) is 96.1 cm³/mol. The number of carbonyl (C=O) groups is 1. The molecule has 2 N–H and O–H groups in total. The Balaban J connectivity index is 1.49. The molecule has 24 heavy (non-hydrogen) atoms. The third-order valence-corrected chi connectivity index (χ3v) is 6.32. The van der Waals surface area contributed by atoms with Crippen LogP contribution in [0.4, 0.5) is 0 Å². The molecule has 0 unspecified atom stereocenters. The van der Waals surface area contributed by atoms with E-state index in [1.807, 2.05) is 0 Å². The summed E-state index contributed by atoms with van der Waals surface area (Å²) in [4.78, 5) is 31.0. The summed E-state index contributed by atoms with van der Waals surface area (Å²) in [6, 6.07) is 1.78. The van der Waals surface area contributed by atoms with Crippen LogP contribution in [-0.4, -0.2) is 27.7 Å². The summed E-state index contributed by atoms with van der Waals surface area (Å²) in [5, 5.41) is 3.69. The first-order valence-electron chi connectivity index (χ1n) is 9.07. The molecular formula is C18H27N3O2S. The van der Waals surface area contributed by atoms with Crippen molar-refractivity contribution < 1.29 is 4.79 Å². The number of aryl methyl sites for hydroxylation is 1. The Morgan fingerprint density at radius 3 is 2.96 bits per heavy atom. The summed E-state index contributed by atoms with van der Waals surface area (Å²) < 4.78 is 0. The van der Waals surface area contributed by atoms with Gasteiger partial charge in [-0.05, 0) is 50.4 Å². The van der Waals surface area contributed by atoms with Crippen LogP contribution in [0.5, 0.6) is 0 Å². The summed E-state index contributed by atoms with van der Waals surface area (Å²) in [7, 11) is 0. The highest BCUT2D eigenvalue weighted by atomic mass is 32.2. The third kappa shape index (κ3) is 4.21. The minimum atomic E-state index is -0.147. The molecule has 1 heterocycles. The number of fused-ring (bicyclic) bond motifs is 2. The molecule has 5 nitrogen and oxygen atoms in total. The van der Waals surface area contributed by atoms with Gasteiger partial charge in [-0.3, -0.25) is 9.59 Å². The van der Waals surface area contributed by atoms with Crippen LogP contribution in [0.3, 0.4) is 0 Å². The zero-order valence-corrected chi connectivity index (χ0v) is 15.3. The molecule has 0 saturated heterocycles. The first-order valence-corrected chi connectivity index (χ1v) is 10.1. The molecule has 0 spiro atoms. The van der Waals surface area contributed by atoms with Crippen molar-refractivity contribution in [1.29, 1.82) is 0 Å². The van der Waals surface area contributed by atoms with Gasteiger partial charge in [-0.15, -0.1) is 0 Å². The summed E-state index contributed by atoms with van der Waals surface area (Å²) in [6.07, 6.45) is 7.07. The predicted octanol–water partition coefficient (Wildman–Crippen LogP) is 2.76. The molecular weight excluding hydrogens is 322 g/mol. The molecule has 2 saturated carbocycles. The Morgan fingerprint density at radius 2 is 2.29 bits per heavy atom. The molecule has 2 aliphatic rings. The number of nitrogens with zero attached hydrogens (tertiary/aromatic N) is 1. The van der Waals surface area contributed by atoms with Gasteiger partial charge in [0.05, 0.1) is 5.75 Å². The van der Waals surface area contributed by atoms with E-state index >= 15 is 0 Å². The molecule has 2 aliphatic carbocycles. The lowest BCUT2D eigenvalue weighted by atomic mass is 9.84. The smallest absolute Gasteiger partial charge is 0.251 e. The number of aromatic nitrogens is 2. The number of hydrogen-bond acceptors (Lipinski definition) is 4. The van der Waals surface area contributed by atoms with Gasteiger partial charge in [-0.25, -0.2) is 4.98 Å². The number of nitrogens with one attached hydrogen (secondary N) is 2. The van der Waals surface area contributed by atoms with Gasteiger partial charge in [0.1, 0.15) is 0 Å². The van der Waals surface area contributed by atoms with Gasteiger partial charge in [-0.1, -0.05) is 31.5 Å². The van der Waals surface area contributed by atoms with Gasteiger partial charge in [0.15, 0.2) is 5.16 Å². The first kappa shape index (κ1) is 17.5. The maximum Gasteiger partial charge on any atom is 0.251 e. The van der Waals surface area contributed by atoms with E-state index in [1.54, 1.807) is 0 Å². The standard InChI is InChI=1S/C18H27N3O2S/c1-3-4-14-9-16(22)21-18(20-14)24-10-17(23)19-11(2)15-8-12-5-6-13(15)7-12/h9,11-13,15H,3-8,10H2,1-2H3,(H,19,23)(H,20,21,22)/t11-,12-,13-,15+/m0/s1. The van der Waals surface area contributed by atoms with E-state index in [1.165, 1.54) is 43.5 Å². The van der Waals surface area contributed by atoms with Gasteiger partial charge in [0.25, 0.3) is 5.56 Å². The van der Waals surface area contributed by atoms with Crippen molar-refractivity contribution in [2.45, 2.75) is 63.6 Å². The van der Waals surface area contributed by atoms with Gasteiger partial charge in [0.2, 0.25) is 5.91 Å². The number of aromatic amines is 1. The first-order chi connectivity index (χ1) is 11.5. The number of thioether (sulfide) groups is 1. The number of hydrogen-bond donors (Lipinski definition) is 2. The lowest BCUT2D eigenvalue weighted by Gasteiger charge is -2.28. The Bertz CT molecular complexity index is 645. The molecule has 1 aromatic rings. The quantitative estimate of drug-likeness (QED) is 0.586. The topological polar surface area (TPSA) is 74.8 Å². The lowest BCUT2D eigenvalue weighted by Crippen LogP contribution is -2.41. The van der Waals surface area contributed by atoms with E-state index in [9.17, 15) is 9.59 Å². The Labute approximate surface area is 147 Å². The second-order valence-corrected chi connectivity index (χ2v) is 8.24. The van der Waals surface area contributed by atoms with E-state index in [2.05, 4.69) is 29.1 Å². The van der Waals surface area contributed by atoms with E-state index in [0.29, 0.717) is 16.8 Å². The minimum absolute atomic E-state index is 0.0267. The number of H-pyrrole nitrogens is 1. The number of rotatable bonds is 7. The highest BCUT2D eigenvalue weighted by molar-refractivity contribution is 7.99. The van der Waals surface area contributed by atoms with E-state index in [0.717, 1.165) is 30.4 Å². The molecule has 132 valence electrons. The maximum atomic E-state index is 12.2. The molecule has 3 rings (SSSR count). The zero-order chi connectivity index (χ0) is 17.1. The van der Waals surface area contributed by atoms with Crippen molar-refractivity contribution in [3.63, 3.8) is 0 Å². The van der Waals surface area contributed by atoms with Crippen molar-refractivity contribution in [3.05, 3.63) is 22.1 Å². The molecule has 1 amide bonds. The van der Waals surface area contributed by atoms with Crippen LogP contribution in [-0.2, 0) is 11.2 Å². The SMILES string of the molecule is CCCc1cc(=O)[nH]c(SCC(=O)N[C@@H](C)[C@H]2C[C@H]3CC[C@H]2C3)n1. The second kappa shape index (κ2) is 7.72. The van der Waals surface area contributed by atoms with Crippen LogP contribution in [0.2, 0.25) is 0 Å². The number of amides is 1. The molecule has 4 atom stereocenters. The van der Waals surface area contributed by atoms with Crippen molar-refractivity contribution in [1.82, 2.24) is 15.3 Å². The number of carbonyl (C=O) groups excluding carboxylic acids is 1. The molecule has 0 radical (unpaired) electrons. The Hall–Kier alpha value is -1.30. The molecule has 0 aliphatic heterocycles. The van der Waals surface area contributed by atoms with Crippen molar-refractivity contribution in [2.75, 3.05) is 5.75 Å². The molecule has 6 heteroatoms. The lowest BCUT2D eigenvalue weighted by molar-refractivity contribution is -0.119. The highest BCUT2D eigenvalue weighted by Crippen LogP contribution is 2.49. The van der Waals surface area contributed by atoms with Crippen LogP contribution in [0.1, 0.15) is 51.6 Å². The Morgan fingerprint density at radius 1 is 1.46 bits per heavy atom. The van der Waals surface area contributed by atoms with Crippen molar-refractivity contribution in [3.8, 4) is 0 Å². The average Bonchev–Trinajstić information content (AvgIpc) is 3.16. The maximum absolute atomic E-state index is 12.2. The molecule has 2 fully saturated rings. The van der Waals surface area contributed by atoms with Crippen molar-refractivity contribution >= 4 is 17.7 Å². The van der Waals surface area contributed by atoms with Gasteiger partial charge >= 0.3 is 0 Å². The fourth-order valence-electron chi connectivity index (χ4n) is 4.38. The van der Waals surface area contributed by atoms with Crippen LogP contribution in [0.15, 0.2) is 16.0 Å². The van der Waals surface area contributed by atoms with Crippen LogP contribution < -0.4 is 10.9 Å². The van der Waals surface area contributed by atoms with Gasteiger partial charge in [0, 0.05) is 17.8 Å². The van der Waals surface area contributed by atoms with E-state index in [-0.39, 0.29) is 17.5 Å². The van der Waals surface area contributed by atoms with Crippen LogP contribution in [0.25, 0.3) is 0 Å². The molecule has 0 aromatic carbocycles. The minimum Gasteiger partial charge on any atom is -0.353 e. The molecule has 1 aromatic heterocycles. The largest absolute Gasteiger partial charge is 0.353 e. The van der Waals surface area contributed by atoms with Gasteiger partial charge < -0.3 is 10.3 Å². The second-order valence-electron chi connectivity index (χ2n) is 7.28. The highest BCUT2D eigenvalue weighted by Gasteiger charge is 2.42. The third-order valence-electron chi connectivity index (χ3n) is 5.44. The van der Waals surface area contributed by atoms with E-state index < -0.39 is 0 Å². The fourth-order valence-corrected chi connectivity index (χ4v) is 5.08. The summed E-state index contributed by atoms with van der Waals surface area (Å²) in [6.45, 7) is 4.19. The zero-order valence-electron chi connectivity index (χ0n) is 14.5. The van der Waals surface area contributed by atoms with Crippen LogP contribution >= 0.6 is 11.8 Å². The summed E-state index contributed by atoms with van der Waals surface area (Å²) >= 11 is 1.30. The average molecular weight is 350 g/mol. The van der Waals surface area contributed by atoms with Gasteiger partial charge in [-0.2, -0.15) is 0 Å². The Kier molecular flexibility index (Phi) is 5.64. The van der Waals surface area contributed by atoms with Crippen molar-refractivity contribution in [2.24, 2.45) is 17.8 Å². The summed E-state index contributed by atoms with van der Waals surface area (Å²) in [5.74, 6) is 2.66. The fraction of sp³-hybridized carbons (Fsp3) is 0.722. The normalized spacial score (nSPS) is 26.5. The summed E-state index contributed by atoms with van der Waals surface area (Å²) in [5.41, 5.74) is 0.645. The molecule has 2 bridgehead atoms. The monoisotopic (exact) mass is 349 g/mol. The van der Waals surface area contributed by atoms with E-state index in [4.69, 9.17) is 0 Å². The van der Waals surface area contributed by atoms with Crippen LogP contribution in [0, 0.1) is 17.8 Å².